The van der Waals surface area contributed by atoms with E-state index in [0.717, 1.165) is 0 Å². The molecule has 0 N–H and O–H groups in total. The lowest BCUT2D eigenvalue weighted by Gasteiger charge is -2.50. The average Bonchev–Trinajstić information content (AvgIpc) is 2.37. The molecule has 30 heavy (non-hydrogen) atoms. The van der Waals surface area contributed by atoms with Crippen molar-refractivity contribution in [1.82, 2.24) is 0 Å². The van der Waals surface area contributed by atoms with Crippen molar-refractivity contribution >= 4 is 42.3 Å². The van der Waals surface area contributed by atoms with E-state index in [9.17, 15) is 0 Å². The number of hydrogen-bond donors (Lipinski definition) is 0. The average molecular weight is 515 g/mol. The molecule has 1 aliphatic rings. The van der Waals surface area contributed by atoms with Gasteiger partial charge in [0.15, 0.2) is 16.6 Å². The van der Waals surface area contributed by atoms with Gasteiger partial charge in [-0.15, -0.1) is 0 Å². The number of ether oxygens (including phenoxy) is 3. The summed E-state index contributed by atoms with van der Waals surface area (Å²) in [7, 11) is -9.58. The quantitative estimate of drug-likeness (QED) is 0.334. The van der Waals surface area contributed by atoms with Gasteiger partial charge in [0.05, 0.1) is 19.3 Å². The van der Waals surface area contributed by atoms with Gasteiger partial charge in [-0.2, -0.15) is 0 Å². The molecular formula is C18H46O7Si5. The van der Waals surface area contributed by atoms with Crippen molar-refractivity contribution in [3.8, 4) is 0 Å². The Morgan fingerprint density at radius 1 is 0.767 bits per heavy atom. The summed E-state index contributed by atoms with van der Waals surface area (Å²) in [6.07, 6.45) is -0.0317. The first kappa shape index (κ1) is 28.8. The molecule has 0 aromatic carbocycles. The maximum Gasteiger partial charge on any atom is 0.350 e. The van der Waals surface area contributed by atoms with Crippen LogP contribution in [-0.4, -0.2) is 80.6 Å². The molecule has 1 aliphatic heterocycles. The Balaban J connectivity index is 3.09. The number of hydrogen-bond acceptors (Lipinski definition) is 7. The molecule has 1 rings (SSSR count). The Morgan fingerprint density at radius 2 is 1.20 bits per heavy atom. The van der Waals surface area contributed by atoms with Crippen LogP contribution in [0.3, 0.4) is 0 Å². The lowest BCUT2D eigenvalue weighted by Crippen LogP contribution is -2.71. The molecule has 0 spiro atoms. The van der Waals surface area contributed by atoms with E-state index in [0.29, 0.717) is 13.2 Å². The van der Waals surface area contributed by atoms with Gasteiger partial charge in [-0.05, 0) is 78.9 Å². The molecule has 0 radical (unpaired) electrons. The fraction of sp³-hybridized carbons (Fsp3) is 1.00. The monoisotopic (exact) mass is 514 g/mol. The first-order valence-electron chi connectivity index (χ1n) is 10.8. The second-order valence-corrected chi connectivity index (χ2v) is 31.0. The Hall–Kier alpha value is 0.804. The van der Waals surface area contributed by atoms with Crippen LogP contribution in [0.25, 0.3) is 0 Å². The summed E-state index contributed by atoms with van der Waals surface area (Å²) in [5, 5.41) is 0. The van der Waals surface area contributed by atoms with E-state index < -0.39 is 42.3 Å². The van der Waals surface area contributed by atoms with Gasteiger partial charge in [-0.1, -0.05) is 0 Å². The van der Waals surface area contributed by atoms with Crippen molar-refractivity contribution < 1.29 is 30.7 Å². The van der Waals surface area contributed by atoms with Gasteiger partial charge in [-0.25, -0.2) is 0 Å². The molecule has 1 heterocycles. The van der Waals surface area contributed by atoms with Crippen LogP contribution < -0.4 is 0 Å². The summed E-state index contributed by atoms with van der Waals surface area (Å²) in [5.74, 6) is 0. The van der Waals surface area contributed by atoms with E-state index in [2.05, 4.69) is 72.0 Å². The van der Waals surface area contributed by atoms with Crippen molar-refractivity contribution in [3.63, 3.8) is 0 Å². The Labute approximate surface area is 190 Å². The number of methoxy groups -OCH3 is 1. The van der Waals surface area contributed by atoms with Crippen molar-refractivity contribution in [1.29, 1.82) is 0 Å². The summed E-state index contributed by atoms with van der Waals surface area (Å²) in [4.78, 5) is 0. The van der Waals surface area contributed by atoms with Crippen molar-refractivity contribution in [2.75, 3.05) is 20.3 Å². The zero-order valence-electron chi connectivity index (χ0n) is 21.5. The van der Waals surface area contributed by atoms with E-state index in [1.807, 2.05) is 6.92 Å². The Bertz CT molecular complexity index is 518. The zero-order chi connectivity index (χ0) is 23.6. The maximum absolute atomic E-state index is 6.82. The van der Waals surface area contributed by atoms with Gasteiger partial charge in [0.1, 0.15) is 11.8 Å². The first-order chi connectivity index (χ1) is 13.3. The Kier molecular flexibility index (Phi) is 9.98. The van der Waals surface area contributed by atoms with Crippen LogP contribution in [0.4, 0.5) is 0 Å². The van der Waals surface area contributed by atoms with Crippen LogP contribution in [0, 0.1) is 0 Å². The van der Waals surface area contributed by atoms with E-state index in [4.69, 9.17) is 30.7 Å². The van der Waals surface area contributed by atoms with Gasteiger partial charge in [0, 0.05) is 7.11 Å². The first-order valence-corrected chi connectivity index (χ1v) is 25.7. The molecule has 0 aliphatic carbocycles. The molecular weight excluding hydrogens is 469 g/mol. The predicted octanol–water partition coefficient (Wildman–Crippen LogP) is 4.56. The van der Waals surface area contributed by atoms with Crippen molar-refractivity contribution in [3.05, 3.63) is 0 Å². The molecule has 0 saturated carbocycles. The maximum atomic E-state index is 6.82. The zero-order valence-corrected chi connectivity index (χ0v) is 26.5. The topological polar surface area (TPSA) is 64.6 Å². The van der Waals surface area contributed by atoms with Gasteiger partial charge in [0.25, 0.3) is 0 Å². The summed E-state index contributed by atoms with van der Waals surface area (Å²) < 4.78 is 44.1. The fourth-order valence-corrected chi connectivity index (χ4v) is 27.3. The summed E-state index contributed by atoms with van der Waals surface area (Å²) in [6, 6.07) is 0. The molecule has 0 aromatic heterocycles. The van der Waals surface area contributed by atoms with Crippen LogP contribution in [-0.2, 0) is 30.7 Å². The highest BCUT2D eigenvalue weighted by atomic mass is 28.5. The fourth-order valence-electron chi connectivity index (χ4n) is 3.85. The third kappa shape index (κ3) is 10.2. The summed E-state index contributed by atoms with van der Waals surface area (Å²) in [6.45, 7) is 26.7. The smallest absolute Gasteiger partial charge is 0.350 e. The molecule has 1 saturated heterocycles. The van der Waals surface area contributed by atoms with Gasteiger partial charge >= 0.3 is 25.7 Å². The molecule has 180 valence electrons. The van der Waals surface area contributed by atoms with Crippen molar-refractivity contribution in [2.45, 2.75) is 96.9 Å². The van der Waals surface area contributed by atoms with Crippen molar-refractivity contribution in [2.24, 2.45) is 0 Å². The second kappa shape index (κ2) is 10.4. The minimum Gasteiger partial charge on any atom is -0.437 e. The van der Waals surface area contributed by atoms with Crippen LogP contribution >= 0.6 is 0 Å². The summed E-state index contributed by atoms with van der Waals surface area (Å²) >= 11 is 0. The van der Waals surface area contributed by atoms with Crippen LogP contribution in [0.15, 0.2) is 0 Å². The second-order valence-electron chi connectivity index (χ2n) is 11.1. The highest BCUT2D eigenvalue weighted by Crippen LogP contribution is 2.34. The van der Waals surface area contributed by atoms with Crippen LogP contribution in [0.5, 0.6) is 0 Å². The highest BCUT2D eigenvalue weighted by molar-refractivity contribution is 6.91. The predicted molar refractivity (Wildman–Crippen MR) is 134 cm³/mol. The molecule has 1 fully saturated rings. The molecule has 3 unspecified atom stereocenters. The third-order valence-corrected chi connectivity index (χ3v) is 21.8. The molecule has 0 amide bonds. The van der Waals surface area contributed by atoms with Crippen LogP contribution in [0.1, 0.15) is 6.92 Å². The lowest BCUT2D eigenvalue weighted by molar-refractivity contribution is -0.176. The van der Waals surface area contributed by atoms with E-state index >= 15 is 0 Å². The minimum absolute atomic E-state index is 0.0306. The third-order valence-electron chi connectivity index (χ3n) is 4.24. The molecule has 0 bridgehead atoms. The van der Waals surface area contributed by atoms with Gasteiger partial charge in [0.2, 0.25) is 0 Å². The van der Waals surface area contributed by atoms with E-state index in [1.165, 1.54) is 0 Å². The largest absolute Gasteiger partial charge is 0.437 e. The molecule has 3 atom stereocenters. The normalized spacial score (nSPS) is 22.7. The molecule has 12 heteroatoms. The SMILES string of the molecule is COC(C)COC1COC1[Si](C)(O[Si](C)(C)O[Si](C)(C)C)O[Si](C)(C)O[Si](C)(C)C. The lowest BCUT2D eigenvalue weighted by atomic mass is 10.3. The molecule has 0 aromatic rings. The van der Waals surface area contributed by atoms with Crippen LogP contribution in [0.2, 0.25) is 72.0 Å². The van der Waals surface area contributed by atoms with E-state index in [-0.39, 0.29) is 17.9 Å². The number of rotatable bonds is 13. The van der Waals surface area contributed by atoms with Gasteiger partial charge in [-0.3, -0.25) is 0 Å². The summed E-state index contributed by atoms with van der Waals surface area (Å²) in [5.41, 5.74) is -0.212. The van der Waals surface area contributed by atoms with E-state index in [1.54, 1.807) is 7.11 Å². The minimum atomic E-state index is -2.85. The van der Waals surface area contributed by atoms with Gasteiger partial charge < -0.3 is 30.7 Å². The molecule has 7 nitrogen and oxygen atoms in total. The standard InChI is InChI=1S/C18H46O7Si5/c1-16(19-2)14-20-17-15-21-18(17)30(13,24-28(9,10)22-26(3,4)5)25-29(11,12)23-27(6,7)8/h16-18H,14-15H2,1-13H3. The highest BCUT2D eigenvalue weighted by Gasteiger charge is 2.58. The Morgan fingerprint density at radius 3 is 1.50 bits per heavy atom.